The van der Waals surface area contributed by atoms with Crippen molar-refractivity contribution in [2.75, 3.05) is 11.9 Å². The molecular weight excluding hydrogens is 470 g/mol. The number of hydrogen-bond acceptors (Lipinski definition) is 6. The van der Waals surface area contributed by atoms with Crippen molar-refractivity contribution in [2.45, 2.75) is 46.6 Å². The van der Waals surface area contributed by atoms with Gasteiger partial charge in [0.1, 0.15) is 29.0 Å². The molecule has 0 fully saturated rings. The smallest absolute Gasteiger partial charge is 0.268 e. The van der Waals surface area contributed by atoms with E-state index in [4.69, 9.17) is 4.74 Å². The molecule has 0 unspecified atom stereocenters. The highest BCUT2D eigenvalue weighted by atomic mass is 32.1. The second-order valence-electron chi connectivity index (χ2n) is 8.82. The van der Waals surface area contributed by atoms with Crippen LogP contribution in [0.1, 0.15) is 48.4 Å². The Balaban J connectivity index is 1.55. The molecular formula is C28H29N5O2S. The number of amides is 1. The highest BCUT2D eigenvalue weighted by Gasteiger charge is 2.15. The van der Waals surface area contributed by atoms with Crippen LogP contribution in [0.5, 0.6) is 5.75 Å². The van der Waals surface area contributed by atoms with Gasteiger partial charge in [0.25, 0.3) is 5.91 Å². The van der Waals surface area contributed by atoms with Gasteiger partial charge in [-0.1, -0.05) is 62.4 Å². The summed E-state index contributed by atoms with van der Waals surface area (Å²) >= 11 is 1.30. The van der Waals surface area contributed by atoms with Crippen LogP contribution in [0.15, 0.2) is 54.2 Å². The van der Waals surface area contributed by atoms with Crippen LogP contribution < -0.4 is 10.1 Å². The molecule has 36 heavy (non-hydrogen) atoms. The van der Waals surface area contributed by atoms with Crippen molar-refractivity contribution >= 4 is 39.4 Å². The number of anilines is 1. The van der Waals surface area contributed by atoms with E-state index in [0.29, 0.717) is 24.2 Å². The van der Waals surface area contributed by atoms with E-state index in [-0.39, 0.29) is 5.57 Å². The number of rotatable bonds is 9. The minimum Gasteiger partial charge on any atom is -0.491 e. The molecule has 4 rings (SSSR count). The van der Waals surface area contributed by atoms with E-state index in [1.807, 2.05) is 43.5 Å². The van der Waals surface area contributed by atoms with Crippen LogP contribution in [0.3, 0.4) is 0 Å². The van der Waals surface area contributed by atoms with Crippen LogP contribution in [0, 0.1) is 18.3 Å². The second kappa shape index (κ2) is 11.2. The summed E-state index contributed by atoms with van der Waals surface area (Å²) in [5.74, 6) is 0.777. The fraction of sp³-hybridized carbons (Fsp3) is 0.286. The van der Waals surface area contributed by atoms with Crippen molar-refractivity contribution in [3.8, 4) is 11.8 Å². The van der Waals surface area contributed by atoms with E-state index in [1.165, 1.54) is 16.9 Å². The normalized spacial score (nSPS) is 11.6. The Labute approximate surface area is 215 Å². The molecule has 0 radical (unpaired) electrons. The van der Waals surface area contributed by atoms with E-state index in [9.17, 15) is 10.1 Å². The number of carbonyl (C=O) groups excluding carboxylic acids is 1. The number of para-hydroxylation sites is 1. The van der Waals surface area contributed by atoms with E-state index in [2.05, 4.69) is 59.1 Å². The first-order valence-electron chi connectivity index (χ1n) is 12.0. The maximum absolute atomic E-state index is 12.7. The topological polar surface area (TPSA) is 92.8 Å². The van der Waals surface area contributed by atoms with Gasteiger partial charge in [-0.2, -0.15) is 5.26 Å². The van der Waals surface area contributed by atoms with Gasteiger partial charge in [-0.25, -0.2) is 0 Å². The molecule has 0 aliphatic rings. The number of benzene rings is 2. The van der Waals surface area contributed by atoms with Gasteiger partial charge in [-0.15, -0.1) is 10.2 Å². The van der Waals surface area contributed by atoms with Crippen LogP contribution in [0.4, 0.5) is 5.13 Å². The summed E-state index contributed by atoms with van der Waals surface area (Å²) < 4.78 is 8.29. The van der Waals surface area contributed by atoms with Crippen LogP contribution in [0.2, 0.25) is 0 Å². The lowest BCUT2D eigenvalue weighted by Gasteiger charge is -2.15. The quantitative estimate of drug-likeness (QED) is 0.221. The van der Waals surface area contributed by atoms with Crippen LogP contribution in [0.25, 0.3) is 17.0 Å². The number of fused-ring (bicyclic) bond motifs is 1. The number of ether oxygens (including phenoxy) is 1. The van der Waals surface area contributed by atoms with Crippen molar-refractivity contribution in [2.24, 2.45) is 0 Å². The molecule has 2 heterocycles. The van der Waals surface area contributed by atoms with Crippen LogP contribution in [-0.2, 0) is 17.8 Å². The van der Waals surface area contributed by atoms with Gasteiger partial charge in [0.2, 0.25) is 5.13 Å². The number of aromatic nitrogens is 3. The lowest BCUT2D eigenvalue weighted by atomic mass is 10.0. The number of nitrogens with one attached hydrogen (secondary N) is 1. The Kier molecular flexibility index (Phi) is 7.81. The van der Waals surface area contributed by atoms with E-state index >= 15 is 0 Å². The van der Waals surface area contributed by atoms with Crippen molar-refractivity contribution in [1.82, 2.24) is 14.8 Å². The number of nitriles is 1. The van der Waals surface area contributed by atoms with Gasteiger partial charge in [-0.05, 0) is 48.6 Å². The summed E-state index contributed by atoms with van der Waals surface area (Å²) in [7, 11) is 0. The largest absolute Gasteiger partial charge is 0.491 e. The number of aryl methyl sites for hydroxylation is 2. The van der Waals surface area contributed by atoms with Crippen LogP contribution >= 0.6 is 11.3 Å². The molecule has 0 bridgehead atoms. The van der Waals surface area contributed by atoms with E-state index in [0.717, 1.165) is 39.2 Å². The maximum Gasteiger partial charge on any atom is 0.268 e. The fourth-order valence-electron chi connectivity index (χ4n) is 3.99. The molecule has 0 saturated heterocycles. The predicted molar refractivity (Wildman–Crippen MR) is 144 cm³/mol. The summed E-state index contributed by atoms with van der Waals surface area (Å²) in [6, 6.07) is 16.3. The molecule has 8 heteroatoms. The zero-order valence-electron chi connectivity index (χ0n) is 20.9. The molecule has 0 saturated carbocycles. The summed E-state index contributed by atoms with van der Waals surface area (Å²) in [5.41, 5.74) is 4.16. The average Bonchev–Trinajstić information content (AvgIpc) is 3.46. The lowest BCUT2D eigenvalue weighted by molar-refractivity contribution is -0.112. The number of hydrogen-bond donors (Lipinski definition) is 1. The zero-order valence-corrected chi connectivity index (χ0v) is 21.7. The highest BCUT2D eigenvalue weighted by Crippen LogP contribution is 2.28. The van der Waals surface area contributed by atoms with Crippen molar-refractivity contribution in [1.29, 1.82) is 5.26 Å². The second-order valence-corrected chi connectivity index (χ2v) is 9.88. The summed E-state index contributed by atoms with van der Waals surface area (Å²) in [6.45, 7) is 9.47. The number of nitrogens with zero attached hydrogens (tertiary/aromatic N) is 4. The molecule has 1 amide bonds. The first-order valence-corrected chi connectivity index (χ1v) is 12.8. The molecule has 2 aromatic carbocycles. The minimum atomic E-state index is -0.503. The number of carbonyl (C=O) groups is 1. The van der Waals surface area contributed by atoms with Crippen LogP contribution in [-0.4, -0.2) is 27.3 Å². The Morgan fingerprint density at radius 3 is 2.78 bits per heavy atom. The predicted octanol–water partition coefficient (Wildman–Crippen LogP) is 6.11. The standard InChI is InChI=1S/C28H29N5O2S/c1-5-26-31-32-28(36-26)30-27(34)20(16-29)15-21-17-33(24-9-7-6-8-23(21)24)12-13-35-25-14-19(4)10-11-22(25)18(2)3/h6-11,14-15,17-18H,5,12-13H2,1-4H3,(H,30,32,34). The molecule has 184 valence electrons. The van der Waals surface area contributed by atoms with Gasteiger partial charge in [-0.3, -0.25) is 10.1 Å². The fourth-order valence-corrected chi connectivity index (χ4v) is 4.66. The molecule has 0 aliphatic carbocycles. The molecule has 0 spiro atoms. The highest BCUT2D eigenvalue weighted by molar-refractivity contribution is 7.15. The van der Waals surface area contributed by atoms with Crippen molar-refractivity contribution < 1.29 is 9.53 Å². The first-order chi connectivity index (χ1) is 17.4. The monoisotopic (exact) mass is 499 g/mol. The van der Waals surface area contributed by atoms with E-state index < -0.39 is 5.91 Å². The van der Waals surface area contributed by atoms with Crippen molar-refractivity contribution in [3.63, 3.8) is 0 Å². The third-order valence-electron chi connectivity index (χ3n) is 5.85. The molecule has 7 nitrogen and oxygen atoms in total. The summed E-state index contributed by atoms with van der Waals surface area (Å²) in [5, 5.41) is 22.5. The first kappa shape index (κ1) is 25.1. The SMILES string of the molecule is CCc1nnc(NC(=O)C(C#N)=Cc2cn(CCOc3cc(C)ccc3C(C)C)c3ccccc23)s1. The summed E-state index contributed by atoms with van der Waals surface area (Å²) in [6.07, 6.45) is 4.31. The van der Waals surface area contributed by atoms with Gasteiger partial charge >= 0.3 is 0 Å². The van der Waals surface area contributed by atoms with Gasteiger partial charge < -0.3 is 9.30 Å². The lowest BCUT2D eigenvalue weighted by Crippen LogP contribution is -2.13. The Bertz CT molecular complexity index is 1460. The van der Waals surface area contributed by atoms with Crippen molar-refractivity contribution in [3.05, 3.63) is 75.9 Å². The average molecular weight is 500 g/mol. The maximum atomic E-state index is 12.7. The Morgan fingerprint density at radius 2 is 2.06 bits per heavy atom. The molecule has 1 N–H and O–H groups in total. The van der Waals surface area contributed by atoms with Gasteiger partial charge in [0.15, 0.2) is 0 Å². The third-order valence-corrected chi connectivity index (χ3v) is 6.84. The third kappa shape index (κ3) is 5.64. The molecule has 2 aromatic heterocycles. The van der Waals surface area contributed by atoms with Gasteiger partial charge in [0, 0.05) is 22.7 Å². The molecule has 0 aliphatic heterocycles. The van der Waals surface area contributed by atoms with E-state index in [1.54, 1.807) is 6.08 Å². The summed E-state index contributed by atoms with van der Waals surface area (Å²) in [4.78, 5) is 12.7. The molecule has 0 atom stereocenters. The minimum absolute atomic E-state index is 0.00346. The van der Waals surface area contributed by atoms with Gasteiger partial charge in [0.05, 0.1) is 6.54 Å². The zero-order chi connectivity index (χ0) is 25.7. The molecule has 4 aromatic rings. The Morgan fingerprint density at radius 1 is 1.25 bits per heavy atom. The Hall–Kier alpha value is -3.96.